The fourth-order valence-electron chi connectivity index (χ4n) is 3.05. The third kappa shape index (κ3) is 3.98. The zero-order valence-corrected chi connectivity index (χ0v) is 15.0. The maximum Gasteiger partial charge on any atom is 0.0426 e. The summed E-state index contributed by atoms with van der Waals surface area (Å²) < 4.78 is 1.18. The molecule has 1 N–H and O–H groups in total. The van der Waals surface area contributed by atoms with Crippen LogP contribution in [0.25, 0.3) is 0 Å². The Hall–Kier alpha value is -0.540. The number of nitrogens with one attached hydrogen (secondary N) is 1. The van der Waals surface area contributed by atoms with E-state index in [9.17, 15) is 0 Å². The molecule has 2 nitrogen and oxygen atoms in total. The van der Waals surface area contributed by atoms with Gasteiger partial charge in [0.1, 0.15) is 0 Å². The van der Waals surface area contributed by atoms with Gasteiger partial charge in [0.2, 0.25) is 0 Å². The van der Waals surface area contributed by atoms with Crippen molar-refractivity contribution in [3.63, 3.8) is 0 Å². The lowest BCUT2D eigenvalue weighted by Crippen LogP contribution is -2.39. The van der Waals surface area contributed by atoms with Gasteiger partial charge in [0.25, 0.3) is 0 Å². The van der Waals surface area contributed by atoms with E-state index in [1.807, 2.05) is 0 Å². The second kappa shape index (κ2) is 6.07. The Morgan fingerprint density at radius 1 is 1.25 bits per heavy atom. The van der Waals surface area contributed by atoms with Crippen LogP contribution in [0.5, 0.6) is 0 Å². The number of halogens is 1. The van der Waals surface area contributed by atoms with Crippen molar-refractivity contribution in [1.82, 2.24) is 5.32 Å². The minimum Gasteiger partial charge on any atom is -0.371 e. The lowest BCUT2D eigenvalue weighted by atomic mass is 10.0. The van der Waals surface area contributed by atoms with Crippen molar-refractivity contribution in [2.45, 2.75) is 46.6 Å². The second-order valence-electron chi connectivity index (χ2n) is 7.12. The van der Waals surface area contributed by atoms with Crippen LogP contribution >= 0.6 is 15.9 Å². The van der Waals surface area contributed by atoms with Crippen LogP contribution in [0.15, 0.2) is 16.6 Å². The Morgan fingerprint density at radius 3 is 2.40 bits per heavy atom. The first-order valence-electron chi connectivity index (χ1n) is 7.53. The number of hydrogen-bond donors (Lipinski definition) is 1. The highest BCUT2D eigenvalue weighted by Gasteiger charge is 2.25. The number of rotatable bonds is 3. The number of hydrogen-bond acceptors (Lipinski definition) is 2. The summed E-state index contributed by atoms with van der Waals surface area (Å²) in [5.74, 6) is 0.761. The van der Waals surface area contributed by atoms with Crippen LogP contribution in [0.1, 0.15) is 38.3 Å². The summed E-state index contributed by atoms with van der Waals surface area (Å²) in [5.41, 5.74) is 4.41. The molecule has 0 radical (unpaired) electrons. The van der Waals surface area contributed by atoms with Gasteiger partial charge in [0.05, 0.1) is 0 Å². The Balaban J connectivity index is 2.03. The average Bonchev–Trinajstić information content (AvgIpc) is 2.72. The normalized spacial score (nSPS) is 19.7. The van der Waals surface area contributed by atoms with Gasteiger partial charge in [-0.2, -0.15) is 0 Å². The SMILES string of the molecule is Cc1cc(Br)cc(C)c1N1CCC(CNC(C)(C)C)C1. The van der Waals surface area contributed by atoms with Gasteiger partial charge in [-0.3, -0.25) is 0 Å². The highest BCUT2D eigenvalue weighted by atomic mass is 79.9. The molecule has 0 aromatic heterocycles. The monoisotopic (exact) mass is 338 g/mol. The largest absolute Gasteiger partial charge is 0.371 e. The maximum atomic E-state index is 3.64. The lowest BCUT2D eigenvalue weighted by Gasteiger charge is -2.25. The highest BCUT2D eigenvalue weighted by molar-refractivity contribution is 9.10. The molecule has 3 heteroatoms. The summed E-state index contributed by atoms with van der Waals surface area (Å²) in [6, 6.07) is 4.45. The van der Waals surface area contributed by atoms with Crippen LogP contribution in [-0.4, -0.2) is 25.2 Å². The standard InChI is InChI=1S/C17H27BrN2/c1-12-8-15(18)9-13(2)16(12)20-7-6-14(11-20)10-19-17(3,4)5/h8-9,14,19H,6-7,10-11H2,1-5H3. The van der Waals surface area contributed by atoms with E-state index < -0.39 is 0 Å². The van der Waals surface area contributed by atoms with E-state index in [-0.39, 0.29) is 5.54 Å². The van der Waals surface area contributed by atoms with Gasteiger partial charge < -0.3 is 10.2 Å². The summed E-state index contributed by atoms with van der Waals surface area (Å²) in [5, 5.41) is 3.64. The van der Waals surface area contributed by atoms with Crippen LogP contribution in [0, 0.1) is 19.8 Å². The van der Waals surface area contributed by atoms with E-state index in [1.54, 1.807) is 0 Å². The summed E-state index contributed by atoms with van der Waals surface area (Å²) >= 11 is 3.59. The van der Waals surface area contributed by atoms with Gasteiger partial charge in [0, 0.05) is 35.3 Å². The van der Waals surface area contributed by atoms with Gasteiger partial charge in [-0.1, -0.05) is 15.9 Å². The molecule has 1 aliphatic rings. The van der Waals surface area contributed by atoms with E-state index in [0.29, 0.717) is 0 Å². The minimum atomic E-state index is 0.219. The zero-order valence-electron chi connectivity index (χ0n) is 13.4. The van der Waals surface area contributed by atoms with E-state index in [2.05, 4.69) is 72.9 Å². The second-order valence-corrected chi connectivity index (χ2v) is 8.04. The molecule has 1 aliphatic heterocycles. The van der Waals surface area contributed by atoms with Crippen LogP contribution < -0.4 is 10.2 Å². The Labute approximate surface area is 132 Å². The molecule has 0 saturated carbocycles. The third-order valence-electron chi connectivity index (χ3n) is 3.98. The Bertz CT molecular complexity index is 453. The van der Waals surface area contributed by atoms with E-state index in [0.717, 1.165) is 12.5 Å². The quantitative estimate of drug-likeness (QED) is 0.884. The molecule has 0 spiro atoms. The third-order valence-corrected chi connectivity index (χ3v) is 4.44. The fourth-order valence-corrected chi connectivity index (χ4v) is 3.74. The molecule has 1 aromatic carbocycles. The smallest absolute Gasteiger partial charge is 0.0426 e. The van der Waals surface area contributed by atoms with Crippen molar-refractivity contribution in [2.75, 3.05) is 24.5 Å². The van der Waals surface area contributed by atoms with E-state index >= 15 is 0 Å². The molecule has 0 amide bonds. The van der Waals surface area contributed by atoms with Gasteiger partial charge in [-0.25, -0.2) is 0 Å². The van der Waals surface area contributed by atoms with Crippen molar-refractivity contribution in [3.05, 3.63) is 27.7 Å². The van der Waals surface area contributed by atoms with Gasteiger partial charge in [-0.15, -0.1) is 0 Å². The minimum absolute atomic E-state index is 0.219. The Kier molecular flexibility index (Phi) is 4.80. The fraction of sp³-hybridized carbons (Fsp3) is 0.647. The Morgan fingerprint density at radius 2 is 1.85 bits per heavy atom. The number of anilines is 1. The molecule has 1 unspecified atom stereocenters. The topological polar surface area (TPSA) is 15.3 Å². The number of aryl methyl sites for hydroxylation is 2. The molecule has 2 rings (SSSR count). The maximum absolute atomic E-state index is 3.64. The first kappa shape index (κ1) is 15.8. The average molecular weight is 339 g/mol. The van der Waals surface area contributed by atoms with Crippen molar-refractivity contribution in [1.29, 1.82) is 0 Å². The molecular formula is C17H27BrN2. The van der Waals surface area contributed by atoms with Gasteiger partial charge >= 0.3 is 0 Å². The highest BCUT2D eigenvalue weighted by Crippen LogP contribution is 2.32. The summed E-state index contributed by atoms with van der Waals surface area (Å²) in [6.07, 6.45) is 1.29. The molecule has 20 heavy (non-hydrogen) atoms. The molecule has 1 saturated heterocycles. The van der Waals surface area contributed by atoms with Crippen molar-refractivity contribution >= 4 is 21.6 Å². The molecule has 1 fully saturated rings. The molecule has 1 atom stereocenters. The number of benzene rings is 1. The summed E-state index contributed by atoms with van der Waals surface area (Å²) in [7, 11) is 0. The van der Waals surface area contributed by atoms with E-state index in [1.165, 1.54) is 40.8 Å². The lowest BCUT2D eigenvalue weighted by molar-refractivity contribution is 0.383. The first-order valence-corrected chi connectivity index (χ1v) is 8.32. The van der Waals surface area contributed by atoms with Crippen molar-refractivity contribution < 1.29 is 0 Å². The molecular weight excluding hydrogens is 312 g/mol. The molecule has 112 valence electrons. The van der Waals surface area contributed by atoms with Gasteiger partial charge in [0.15, 0.2) is 0 Å². The van der Waals surface area contributed by atoms with Gasteiger partial charge in [-0.05, 0) is 70.2 Å². The summed E-state index contributed by atoms with van der Waals surface area (Å²) in [4.78, 5) is 2.56. The molecule has 1 aromatic rings. The molecule has 0 bridgehead atoms. The van der Waals surface area contributed by atoms with Crippen LogP contribution in [0.4, 0.5) is 5.69 Å². The molecule has 1 heterocycles. The van der Waals surface area contributed by atoms with Crippen LogP contribution in [0.3, 0.4) is 0 Å². The van der Waals surface area contributed by atoms with Crippen LogP contribution in [0.2, 0.25) is 0 Å². The summed E-state index contributed by atoms with van der Waals surface area (Å²) in [6.45, 7) is 14.6. The van der Waals surface area contributed by atoms with E-state index in [4.69, 9.17) is 0 Å². The number of nitrogens with zero attached hydrogens (tertiary/aromatic N) is 1. The first-order chi connectivity index (χ1) is 9.26. The van der Waals surface area contributed by atoms with Crippen molar-refractivity contribution in [3.8, 4) is 0 Å². The molecule has 0 aliphatic carbocycles. The predicted molar refractivity (Wildman–Crippen MR) is 91.7 cm³/mol. The zero-order chi connectivity index (χ0) is 14.9. The van der Waals surface area contributed by atoms with Crippen LogP contribution in [-0.2, 0) is 0 Å². The van der Waals surface area contributed by atoms with Crippen molar-refractivity contribution in [2.24, 2.45) is 5.92 Å². The predicted octanol–water partition coefficient (Wildman–Crippen LogP) is 4.28.